The van der Waals surface area contributed by atoms with E-state index in [1.807, 2.05) is 0 Å². The molecule has 1 aromatic rings. The third-order valence-electron chi connectivity index (χ3n) is 2.35. The number of rotatable bonds is 3. The van der Waals surface area contributed by atoms with E-state index in [9.17, 15) is 9.59 Å². The van der Waals surface area contributed by atoms with Crippen LogP contribution in [0.4, 0.5) is 0 Å². The van der Waals surface area contributed by atoms with E-state index in [0.717, 1.165) is 6.26 Å². The molecule has 8 heteroatoms. The van der Waals surface area contributed by atoms with Crippen molar-refractivity contribution in [1.82, 2.24) is 0 Å². The van der Waals surface area contributed by atoms with Crippen LogP contribution >= 0.6 is 27.5 Å². The van der Waals surface area contributed by atoms with E-state index in [2.05, 4.69) is 20.7 Å². The Morgan fingerprint density at radius 3 is 2.37 bits per heavy atom. The van der Waals surface area contributed by atoms with Crippen molar-refractivity contribution in [2.24, 2.45) is 0 Å². The minimum atomic E-state index is -2.77. The summed E-state index contributed by atoms with van der Waals surface area (Å²) >= 11 is 9.17. The molecule has 0 fully saturated rings. The van der Waals surface area contributed by atoms with E-state index in [0.29, 0.717) is 10.0 Å². The van der Waals surface area contributed by atoms with Crippen LogP contribution in [0, 0.1) is 0 Å². The Labute approximate surface area is 120 Å². The molecule has 0 saturated heterocycles. The lowest BCUT2D eigenvalue weighted by Crippen LogP contribution is -2.47. The topological polar surface area (TPSA) is 93.1 Å². The van der Waals surface area contributed by atoms with Gasteiger partial charge in [-0.05, 0) is 18.2 Å². The molecule has 0 atom stereocenters. The van der Waals surface area contributed by atoms with Gasteiger partial charge in [0.15, 0.2) is 5.76 Å². The highest BCUT2D eigenvalue weighted by atomic mass is 79.9. The van der Waals surface area contributed by atoms with Gasteiger partial charge < -0.3 is 19.7 Å². The second kappa shape index (κ2) is 4.75. The summed E-state index contributed by atoms with van der Waals surface area (Å²) in [5.74, 6) is -6.37. The molecule has 0 bridgehead atoms. The molecule has 2 N–H and O–H groups in total. The van der Waals surface area contributed by atoms with Gasteiger partial charge in [0.2, 0.25) is 0 Å². The largest absolute Gasteiger partial charge is 0.475 e. The summed E-state index contributed by atoms with van der Waals surface area (Å²) in [6, 6.07) is 4.75. The molecule has 19 heavy (non-hydrogen) atoms. The molecule has 6 nitrogen and oxygen atoms in total. The van der Waals surface area contributed by atoms with Gasteiger partial charge in [0.05, 0.1) is 5.02 Å². The lowest BCUT2D eigenvalue weighted by molar-refractivity contribution is -0.207. The maximum atomic E-state index is 11.0. The molecule has 1 heterocycles. The third kappa shape index (κ3) is 2.26. The smallest absolute Gasteiger partial charge is 0.452 e. The highest BCUT2D eigenvalue weighted by Crippen LogP contribution is 2.36. The predicted octanol–water partition coefficient (Wildman–Crippen LogP) is 2.31. The van der Waals surface area contributed by atoms with Crippen LogP contribution in [0.5, 0.6) is 0 Å². The molecular formula is C11H6BrClO6. The standard InChI is InChI=1S/C11H6BrClO6/c12-5-1-2-6(7(13)3-5)8-4-18-11(19-8,9(14)15)10(16)17/h1-4H,(H,14,15)(H,16,17). The van der Waals surface area contributed by atoms with Gasteiger partial charge >= 0.3 is 17.7 Å². The average Bonchev–Trinajstić information content (AvgIpc) is 2.75. The van der Waals surface area contributed by atoms with Gasteiger partial charge in [-0.1, -0.05) is 27.5 Å². The van der Waals surface area contributed by atoms with Crippen LogP contribution in [0.1, 0.15) is 5.56 Å². The molecule has 0 spiro atoms. The van der Waals surface area contributed by atoms with Crippen molar-refractivity contribution < 1.29 is 29.3 Å². The number of hydrogen-bond donors (Lipinski definition) is 2. The number of aliphatic carboxylic acids is 2. The van der Waals surface area contributed by atoms with Crippen molar-refractivity contribution in [2.45, 2.75) is 5.79 Å². The number of carbonyl (C=O) groups is 2. The Balaban J connectivity index is 2.36. The first-order valence-electron chi connectivity index (χ1n) is 4.86. The van der Waals surface area contributed by atoms with E-state index in [-0.39, 0.29) is 10.8 Å². The van der Waals surface area contributed by atoms with Gasteiger partial charge in [-0.3, -0.25) is 0 Å². The third-order valence-corrected chi connectivity index (χ3v) is 3.15. The zero-order chi connectivity index (χ0) is 14.2. The van der Waals surface area contributed by atoms with Crippen LogP contribution in [0.25, 0.3) is 5.76 Å². The maximum Gasteiger partial charge on any atom is 0.452 e. The van der Waals surface area contributed by atoms with E-state index >= 15 is 0 Å². The van der Waals surface area contributed by atoms with Crippen LogP contribution in [-0.2, 0) is 19.1 Å². The van der Waals surface area contributed by atoms with Crippen LogP contribution in [0.2, 0.25) is 5.02 Å². The van der Waals surface area contributed by atoms with E-state index < -0.39 is 17.7 Å². The van der Waals surface area contributed by atoms with Gasteiger partial charge in [-0.2, -0.15) is 0 Å². The van der Waals surface area contributed by atoms with Crippen molar-refractivity contribution in [3.05, 3.63) is 39.5 Å². The molecule has 1 aliphatic heterocycles. The first-order valence-corrected chi connectivity index (χ1v) is 6.03. The van der Waals surface area contributed by atoms with Crippen LogP contribution in [0.3, 0.4) is 0 Å². The van der Waals surface area contributed by atoms with Gasteiger partial charge in [-0.25, -0.2) is 9.59 Å². The number of ether oxygens (including phenoxy) is 2. The van der Waals surface area contributed by atoms with Crippen molar-refractivity contribution in [2.75, 3.05) is 0 Å². The lowest BCUT2D eigenvalue weighted by atomic mass is 10.2. The molecule has 1 aromatic carbocycles. The number of hydrogen-bond acceptors (Lipinski definition) is 4. The predicted molar refractivity (Wildman–Crippen MR) is 67.3 cm³/mol. The Hall–Kier alpha value is -1.73. The Kier molecular flexibility index (Phi) is 3.42. The highest BCUT2D eigenvalue weighted by molar-refractivity contribution is 9.10. The molecule has 100 valence electrons. The Morgan fingerprint density at radius 2 is 1.89 bits per heavy atom. The SMILES string of the molecule is O=C(O)C1(C(=O)O)OC=C(c2ccc(Br)cc2Cl)O1. The molecule has 1 aliphatic rings. The van der Waals surface area contributed by atoms with Gasteiger partial charge in [-0.15, -0.1) is 0 Å². The summed E-state index contributed by atoms with van der Waals surface area (Å²) in [5.41, 5.74) is 0.328. The van der Waals surface area contributed by atoms with Crippen molar-refractivity contribution in [1.29, 1.82) is 0 Å². The first kappa shape index (κ1) is 13.7. The molecule has 2 rings (SSSR count). The van der Waals surface area contributed by atoms with E-state index in [4.69, 9.17) is 26.6 Å². The normalized spacial score (nSPS) is 16.2. The van der Waals surface area contributed by atoms with E-state index in [1.54, 1.807) is 18.2 Å². The Bertz CT molecular complexity index is 583. The van der Waals surface area contributed by atoms with Crippen LogP contribution in [-0.4, -0.2) is 27.9 Å². The van der Waals surface area contributed by atoms with Gasteiger partial charge in [0, 0.05) is 10.0 Å². The quantitative estimate of drug-likeness (QED) is 0.814. The monoisotopic (exact) mass is 348 g/mol. The number of benzene rings is 1. The fourth-order valence-corrected chi connectivity index (χ4v) is 2.19. The van der Waals surface area contributed by atoms with Gasteiger partial charge in [0.1, 0.15) is 6.26 Å². The molecule has 0 radical (unpaired) electrons. The van der Waals surface area contributed by atoms with Crippen molar-refractivity contribution >= 4 is 45.2 Å². The minimum absolute atomic E-state index is 0.0673. The maximum absolute atomic E-state index is 11.0. The molecule has 0 saturated carbocycles. The fourth-order valence-electron chi connectivity index (χ4n) is 1.43. The molecule has 0 unspecified atom stereocenters. The van der Waals surface area contributed by atoms with E-state index in [1.165, 1.54) is 0 Å². The highest BCUT2D eigenvalue weighted by Gasteiger charge is 2.56. The van der Waals surface area contributed by atoms with Crippen molar-refractivity contribution in [3.63, 3.8) is 0 Å². The molecule has 0 amide bonds. The minimum Gasteiger partial charge on any atom is -0.475 e. The summed E-state index contributed by atoms with van der Waals surface area (Å²) in [6.45, 7) is 0. The molecule has 0 aromatic heterocycles. The second-order valence-electron chi connectivity index (χ2n) is 3.55. The van der Waals surface area contributed by atoms with Crippen LogP contribution < -0.4 is 0 Å². The fraction of sp³-hybridized carbons (Fsp3) is 0.0909. The number of carboxylic acids is 2. The van der Waals surface area contributed by atoms with Gasteiger partial charge in [0.25, 0.3) is 0 Å². The number of halogens is 2. The molecule has 0 aliphatic carbocycles. The summed E-state index contributed by atoms with van der Waals surface area (Å²) in [5, 5.41) is 18.1. The Morgan fingerprint density at radius 1 is 1.26 bits per heavy atom. The van der Waals surface area contributed by atoms with Crippen molar-refractivity contribution in [3.8, 4) is 0 Å². The molecular weight excluding hydrogens is 343 g/mol. The lowest BCUT2D eigenvalue weighted by Gasteiger charge is -2.18. The second-order valence-corrected chi connectivity index (χ2v) is 4.88. The van der Waals surface area contributed by atoms with Crippen LogP contribution in [0.15, 0.2) is 28.9 Å². The zero-order valence-corrected chi connectivity index (χ0v) is 11.4. The first-order chi connectivity index (χ1) is 8.86. The average molecular weight is 350 g/mol. The summed E-state index contributed by atoms with van der Waals surface area (Å²) in [6.07, 6.45) is 0.914. The number of carboxylic acid groups (broad SMARTS) is 2. The summed E-state index contributed by atoms with van der Waals surface area (Å²) < 4.78 is 10.3. The summed E-state index contributed by atoms with van der Waals surface area (Å²) in [4.78, 5) is 22.0. The summed E-state index contributed by atoms with van der Waals surface area (Å²) in [7, 11) is 0. The zero-order valence-electron chi connectivity index (χ0n) is 9.09.